The molecule has 7 fully saturated rings. The Kier molecular flexibility index (Phi) is 12.9. The van der Waals surface area contributed by atoms with Crippen LogP contribution in [0.1, 0.15) is 96.3 Å². The van der Waals surface area contributed by atoms with E-state index in [9.17, 15) is 29.1 Å². The van der Waals surface area contributed by atoms with Crippen molar-refractivity contribution < 1.29 is 67.1 Å². The molecule has 0 aromatic heterocycles. The maximum atomic E-state index is 15.9. The molecule has 17 heteroatoms. The van der Waals surface area contributed by atoms with Crippen molar-refractivity contribution in [3.63, 3.8) is 0 Å². The molecular weight excluding hydrogens is 879 g/mol. The zero-order valence-corrected chi connectivity index (χ0v) is 39.6. The number of cyclic esters (lactones) is 1. The number of hydrogen-bond donors (Lipinski definition) is 2. The standard InChI is InChI=1S/C51H63N3O14/c1-48(2,3)65-38(57)23-21-34(27-55)52-44(58)35(24-29-12-8-7-9-13-29)53(6)47(61)50-25-36-39-40(67-51(66-39,32-17-18-32)33-19-20-33)42(50)68-54(41(50)45(59)63-36)26-31-15-11-10-14-30(31)16-22-37(56)64-43-46(60)62-28-49(43,4)5/h7-16,22,32-36,39-43,55H,17-21,23-28H2,1-6H3,(H,52,58). The first-order chi connectivity index (χ1) is 32.3. The first-order valence-corrected chi connectivity index (χ1v) is 23.9. The maximum Gasteiger partial charge on any atom is 0.348 e. The highest BCUT2D eigenvalue weighted by molar-refractivity contribution is 5.96. The quantitative estimate of drug-likeness (QED) is 0.131. The molecule has 0 radical (unpaired) electrons. The minimum Gasteiger partial charge on any atom is -0.462 e. The lowest BCUT2D eigenvalue weighted by Crippen LogP contribution is -2.70. The molecule has 2 N–H and O–H groups in total. The van der Waals surface area contributed by atoms with Crippen molar-refractivity contribution in [1.82, 2.24) is 15.3 Å². The van der Waals surface area contributed by atoms with E-state index in [2.05, 4.69) is 5.32 Å². The van der Waals surface area contributed by atoms with Crippen molar-refractivity contribution in [3.05, 3.63) is 77.4 Å². The van der Waals surface area contributed by atoms with Gasteiger partial charge in [0, 0.05) is 49.6 Å². The molecule has 7 aliphatic rings. The molecule has 3 aliphatic carbocycles. The highest BCUT2D eigenvalue weighted by Crippen LogP contribution is 2.64. The largest absolute Gasteiger partial charge is 0.462 e. The van der Waals surface area contributed by atoms with E-state index in [1.54, 1.807) is 65.9 Å². The number of benzene rings is 2. The van der Waals surface area contributed by atoms with Crippen LogP contribution in [0.3, 0.4) is 0 Å². The number of carbonyl (C=O) groups is 6. The van der Waals surface area contributed by atoms with Crippen molar-refractivity contribution >= 4 is 41.8 Å². The second-order valence-corrected chi connectivity index (χ2v) is 21.2. The lowest BCUT2D eigenvalue weighted by molar-refractivity contribution is -0.235. The van der Waals surface area contributed by atoms with E-state index in [4.69, 9.17) is 33.3 Å². The second kappa shape index (κ2) is 18.3. The van der Waals surface area contributed by atoms with Crippen molar-refractivity contribution in [2.24, 2.45) is 22.7 Å². The number of esters is 4. The summed E-state index contributed by atoms with van der Waals surface area (Å²) in [6, 6.07) is 13.1. The smallest absolute Gasteiger partial charge is 0.348 e. The number of carbonyl (C=O) groups excluding carboxylic acids is 6. The van der Waals surface area contributed by atoms with Gasteiger partial charge in [-0.15, -0.1) is 0 Å². The van der Waals surface area contributed by atoms with Crippen LogP contribution in [0, 0.1) is 22.7 Å². The molecule has 9 unspecified atom stereocenters. The molecule has 2 aromatic carbocycles. The van der Waals surface area contributed by atoms with Gasteiger partial charge < -0.3 is 43.7 Å². The SMILES string of the molecule is CN(C(=O)C12CC3OC(=O)C1N(Cc1ccccc1C=CC(=O)OC1C(=O)OCC1(C)C)OC2C1OC(C2CC2)(C2CC2)OC31)C(Cc1ccccc1)C(=O)NC(CO)CCC(=O)OC(C)(C)C. The average Bonchev–Trinajstić information content (AvgIpc) is 4.24. The van der Waals surface area contributed by atoms with Gasteiger partial charge in [-0.3, -0.25) is 24.0 Å². The third kappa shape index (κ3) is 9.19. The number of hydrogen-bond acceptors (Lipinski definition) is 15. The molecule has 2 aromatic rings. The van der Waals surface area contributed by atoms with Crippen LogP contribution in [0.4, 0.5) is 0 Å². The number of aliphatic hydroxyl groups is 1. The molecule has 0 spiro atoms. The van der Waals surface area contributed by atoms with Gasteiger partial charge in [0.1, 0.15) is 48.1 Å². The number of aliphatic hydroxyl groups excluding tert-OH is 1. The predicted molar refractivity (Wildman–Crippen MR) is 240 cm³/mol. The Labute approximate surface area is 396 Å². The highest BCUT2D eigenvalue weighted by atomic mass is 16.8. The summed E-state index contributed by atoms with van der Waals surface area (Å²) in [7, 11) is 1.54. The number of hydroxylamine groups is 2. The molecule has 68 heavy (non-hydrogen) atoms. The minimum absolute atomic E-state index is 0.0321. The van der Waals surface area contributed by atoms with Crippen LogP contribution in [0.15, 0.2) is 60.7 Å². The fourth-order valence-corrected chi connectivity index (χ4v) is 10.8. The number of likely N-dealkylation sites (N-methyl/N-ethyl adjacent to an activating group) is 1. The molecule has 9 rings (SSSR count). The Bertz CT molecular complexity index is 2310. The molecule has 2 amide bonds. The molecule has 4 saturated heterocycles. The summed E-state index contributed by atoms with van der Waals surface area (Å²) in [5.74, 6) is -4.18. The predicted octanol–water partition coefficient (Wildman–Crippen LogP) is 3.96. The normalized spacial score (nSPS) is 29.9. The molecule has 2 bridgehead atoms. The van der Waals surface area contributed by atoms with Crippen molar-refractivity contribution in [1.29, 1.82) is 0 Å². The van der Waals surface area contributed by atoms with Gasteiger partial charge in [0.15, 0.2) is 11.8 Å². The number of rotatable bonds is 17. The van der Waals surface area contributed by atoms with Gasteiger partial charge in [-0.2, -0.15) is 5.06 Å². The van der Waals surface area contributed by atoms with E-state index < -0.39 is 113 Å². The van der Waals surface area contributed by atoms with E-state index in [0.717, 1.165) is 31.2 Å². The van der Waals surface area contributed by atoms with Gasteiger partial charge in [-0.05, 0) is 75.6 Å². The van der Waals surface area contributed by atoms with Gasteiger partial charge >= 0.3 is 23.9 Å². The zero-order chi connectivity index (χ0) is 48.3. The molecule has 3 saturated carbocycles. The fourth-order valence-electron chi connectivity index (χ4n) is 10.8. The molecule has 4 heterocycles. The Balaban J connectivity index is 1.03. The van der Waals surface area contributed by atoms with Gasteiger partial charge in [0.2, 0.25) is 17.9 Å². The lowest BCUT2D eigenvalue weighted by Gasteiger charge is -2.50. The minimum atomic E-state index is -1.62. The number of ether oxygens (including phenoxy) is 6. The molecule has 17 nitrogen and oxygen atoms in total. The monoisotopic (exact) mass is 941 g/mol. The Morgan fingerprint density at radius 3 is 2.28 bits per heavy atom. The van der Waals surface area contributed by atoms with Crippen molar-refractivity contribution in [3.8, 4) is 0 Å². The third-order valence-corrected chi connectivity index (χ3v) is 14.5. The van der Waals surface area contributed by atoms with Gasteiger partial charge in [-0.25, -0.2) is 9.59 Å². The van der Waals surface area contributed by atoms with E-state index in [0.29, 0.717) is 11.1 Å². The number of fused-ring (bicyclic) bond motifs is 4. The summed E-state index contributed by atoms with van der Waals surface area (Å²) < 4.78 is 36.4. The van der Waals surface area contributed by atoms with E-state index in [1.165, 1.54) is 16.0 Å². The van der Waals surface area contributed by atoms with E-state index in [1.807, 2.05) is 36.4 Å². The van der Waals surface area contributed by atoms with E-state index in [-0.39, 0.29) is 50.7 Å². The number of amides is 2. The summed E-state index contributed by atoms with van der Waals surface area (Å²) in [5, 5.41) is 14.8. The maximum absolute atomic E-state index is 15.9. The molecule has 9 atom stereocenters. The summed E-state index contributed by atoms with van der Waals surface area (Å²) in [4.78, 5) is 91.6. The van der Waals surface area contributed by atoms with Crippen LogP contribution < -0.4 is 5.32 Å². The van der Waals surface area contributed by atoms with Crippen LogP contribution in [-0.4, -0.2) is 131 Å². The molecule has 4 aliphatic heterocycles. The van der Waals surface area contributed by atoms with Gasteiger partial charge in [-0.1, -0.05) is 68.4 Å². The molecular formula is C51H63N3O14. The van der Waals surface area contributed by atoms with E-state index >= 15 is 4.79 Å². The van der Waals surface area contributed by atoms with Crippen LogP contribution in [0.5, 0.6) is 0 Å². The third-order valence-electron chi connectivity index (χ3n) is 14.5. The Morgan fingerprint density at radius 2 is 1.63 bits per heavy atom. The first kappa shape index (κ1) is 47.8. The fraction of sp³-hybridized carbons (Fsp3) is 0.608. The Morgan fingerprint density at radius 1 is 0.956 bits per heavy atom. The van der Waals surface area contributed by atoms with Crippen LogP contribution >= 0.6 is 0 Å². The number of nitrogens with one attached hydrogen (secondary N) is 1. The summed E-state index contributed by atoms with van der Waals surface area (Å²) >= 11 is 0. The second-order valence-electron chi connectivity index (χ2n) is 21.2. The van der Waals surface area contributed by atoms with Gasteiger partial charge in [0.25, 0.3) is 0 Å². The zero-order valence-electron chi connectivity index (χ0n) is 39.6. The Hall–Kier alpha value is -5.20. The number of nitrogens with zero attached hydrogens (tertiary/aromatic N) is 2. The molecule has 366 valence electrons. The summed E-state index contributed by atoms with van der Waals surface area (Å²) in [6.45, 7) is 8.46. The lowest BCUT2D eigenvalue weighted by atomic mass is 9.62. The van der Waals surface area contributed by atoms with Crippen molar-refractivity contribution in [2.75, 3.05) is 20.3 Å². The van der Waals surface area contributed by atoms with Crippen LogP contribution in [-0.2, 0) is 75.0 Å². The van der Waals surface area contributed by atoms with Crippen LogP contribution in [0.2, 0.25) is 0 Å². The van der Waals surface area contributed by atoms with Crippen LogP contribution in [0.25, 0.3) is 6.08 Å². The average molecular weight is 942 g/mol. The summed E-state index contributed by atoms with van der Waals surface area (Å²) in [5.41, 5.74) is -1.05. The first-order valence-electron chi connectivity index (χ1n) is 23.9. The topological polar surface area (TPSA) is 206 Å². The highest BCUT2D eigenvalue weighted by Gasteiger charge is 2.78. The summed E-state index contributed by atoms with van der Waals surface area (Å²) in [6.07, 6.45) is 2.17. The van der Waals surface area contributed by atoms with Gasteiger partial charge in [0.05, 0.1) is 19.2 Å². The van der Waals surface area contributed by atoms with Crippen molar-refractivity contribution in [2.45, 2.75) is 153 Å².